The molecule has 0 aliphatic heterocycles. The molecule has 1 atom stereocenters. The van der Waals surface area contributed by atoms with Crippen LogP contribution in [0.1, 0.15) is 58.8 Å². The third-order valence-electron chi connectivity index (χ3n) is 4.87. The van der Waals surface area contributed by atoms with Gasteiger partial charge in [0.2, 0.25) is 0 Å². The number of hydrogen-bond acceptors (Lipinski definition) is 3. The number of hydrogen-bond donors (Lipinski definition) is 1. The van der Waals surface area contributed by atoms with Gasteiger partial charge < -0.3 is 14.2 Å². The van der Waals surface area contributed by atoms with E-state index in [9.17, 15) is 0 Å². The lowest BCUT2D eigenvalue weighted by atomic mass is 9.89. The highest BCUT2D eigenvalue weighted by Gasteiger charge is 2.48. The summed E-state index contributed by atoms with van der Waals surface area (Å²) >= 11 is 0. The second kappa shape index (κ2) is 7.92. The van der Waals surface area contributed by atoms with E-state index in [1.807, 2.05) is 0 Å². The minimum absolute atomic E-state index is 0.490. The first-order valence-electron chi connectivity index (χ1n) is 8.71. The Morgan fingerprint density at radius 2 is 1.60 bits per heavy atom. The van der Waals surface area contributed by atoms with Gasteiger partial charge in [-0.05, 0) is 64.5 Å². The molecule has 3 nitrogen and oxygen atoms in total. The molecule has 1 N–H and O–H groups in total. The highest BCUT2D eigenvalue weighted by Crippen LogP contribution is 2.37. The zero-order chi connectivity index (χ0) is 14.4. The van der Waals surface area contributed by atoms with Gasteiger partial charge in [0.05, 0.1) is 5.67 Å². The van der Waals surface area contributed by atoms with E-state index in [1.54, 1.807) is 0 Å². The van der Waals surface area contributed by atoms with Gasteiger partial charge >= 0.3 is 8.56 Å². The molecule has 0 radical (unpaired) electrons. The van der Waals surface area contributed by atoms with Crippen molar-refractivity contribution in [3.05, 3.63) is 0 Å². The highest BCUT2D eigenvalue weighted by atomic mass is 28.4. The molecule has 2 aliphatic rings. The van der Waals surface area contributed by atoms with Crippen molar-refractivity contribution in [2.45, 2.75) is 71.0 Å². The van der Waals surface area contributed by atoms with Crippen LogP contribution in [0.2, 0.25) is 6.55 Å². The van der Waals surface area contributed by atoms with Crippen molar-refractivity contribution in [1.82, 2.24) is 5.32 Å². The predicted octanol–water partition coefficient (Wildman–Crippen LogP) is 3.62. The lowest BCUT2D eigenvalue weighted by Crippen LogP contribution is -2.59. The fourth-order valence-corrected chi connectivity index (χ4v) is 6.96. The minimum Gasteiger partial charge on any atom is -0.394 e. The van der Waals surface area contributed by atoms with Crippen LogP contribution in [0, 0.1) is 11.8 Å². The van der Waals surface area contributed by atoms with Gasteiger partial charge in [-0.2, -0.15) is 0 Å². The molecule has 118 valence electrons. The van der Waals surface area contributed by atoms with Gasteiger partial charge in [-0.1, -0.05) is 19.3 Å². The summed E-state index contributed by atoms with van der Waals surface area (Å²) in [5, 5.41) is 3.87. The maximum absolute atomic E-state index is 6.13. The van der Waals surface area contributed by atoms with Crippen molar-refractivity contribution in [3.8, 4) is 0 Å². The van der Waals surface area contributed by atoms with E-state index in [-0.39, 0.29) is 0 Å². The maximum Gasteiger partial charge on any atom is 0.352 e. The quantitative estimate of drug-likeness (QED) is 0.660. The standard InChI is InChI=1S/C16H33NO2Si/c1-4-18-20(3,19-5-2)16(15-11-12-15)17-13-14-9-7-6-8-10-14/h14-17H,4-13H2,1-3H3. The normalized spacial score (nSPS) is 22.9. The summed E-state index contributed by atoms with van der Waals surface area (Å²) in [5.41, 5.74) is 0.490. The lowest BCUT2D eigenvalue weighted by molar-refractivity contribution is 0.168. The molecule has 0 amide bonds. The Hall–Kier alpha value is 0.0969. The Balaban J connectivity index is 1.90. The second-order valence-electron chi connectivity index (χ2n) is 6.61. The first-order valence-corrected chi connectivity index (χ1v) is 11.1. The van der Waals surface area contributed by atoms with Crippen molar-refractivity contribution >= 4 is 8.56 Å². The Morgan fingerprint density at radius 1 is 1.00 bits per heavy atom. The van der Waals surface area contributed by atoms with E-state index in [0.29, 0.717) is 5.67 Å². The highest BCUT2D eigenvalue weighted by molar-refractivity contribution is 6.67. The van der Waals surface area contributed by atoms with E-state index >= 15 is 0 Å². The van der Waals surface area contributed by atoms with Crippen LogP contribution in [0.3, 0.4) is 0 Å². The number of nitrogens with one attached hydrogen (secondary N) is 1. The maximum atomic E-state index is 6.13. The van der Waals surface area contributed by atoms with Crippen LogP contribution in [-0.4, -0.2) is 34.0 Å². The topological polar surface area (TPSA) is 30.5 Å². The van der Waals surface area contributed by atoms with Gasteiger partial charge in [0.15, 0.2) is 0 Å². The largest absolute Gasteiger partial charge is 0.394 e. The van der Waals surface area contributed by atoms with Crippen LogP contribution < -0.4 is 5.32 Å². The first-order chi connectivity index (χ1) is 9.69. The van der Waals surface area contributed by atoms with Crippen molar-refractivity contribution in [2.75, 3.05) is 19.8 Å². The smallest absolute Gasteiger partial charge is 0.352 e. The zero-order valence-corrected chi connectivity index (χ0v) is 14.6. The average molecular weight is 300 g/mol. The molecule has 2 saturated carbocycles. The Kier molecular flexibility index (Phi) is 6.52. The van der Waals surface area contributed by atoms with Crippen molar-refractivity contribution in [3.63, 3.8) is 0 Å². The van der Waals surface area contributed by atoms with Crippen LogP contribution in [0.5, 0.6) is 0 Å². The third-order valence-corrected chi connectivity index (χ3v) is 8.40. The summed E-state index contributed by atoms with van der Waals surface area (Å²) in [7, 11) is -2.08. The minimum atomic E-state index is -2.08. The molecule has 0 aromatic heterocycles. The van der Waals surface area contributed by atoms with Gasteiger partial charge in [-0.25, -0.2) is 0 Å². The van der Waals surface area contributed by atoms with E-state index in [1.165, 1.54) is 51.5 Å². The number of rotatable bonds is 9. The molecule has 20 heavy (non-hydrogen) atoms. The summed E-state index contributed by atoms with van der Waals surface area (Å²) in [5.74, 6) is 1.68. The SMILES string of the molecule is CCO[Si](C)(OCC)C(NCC1CCCCC1)C1CC1. The van der Waals surface area contributed by atoms with Crippen LogP contribution in [-0.2, 0) is 8.85 Å². The fourth-order valence-electron chi connectivity index (χ4n) is 3.69. The molecule has 2 aliphatic carbocycles. The molecule has 0 aromatic carbocycles. The van der Waals surface area contributed by atoms with Crippen molar-refractivity contribution in [1.29, 1.82) is 0 Å². The first kappa shape index (κ1) is 16.5. The predicted molar refractivity (Wildman–Crippen MR) is 86.0 cm³/mol. The summed E-state index contributed by atoms with van der Waals surface area (Å²) in [6.45, 7) is 9.17. The van der Waals surface area contributed by atoms with Crippen LogP contribution >= 0.6 is 0 Å². The van der Waals surface area contributed by atoms with E-state index in [2.05, 4.69) is 25.7 Å². The molecule has 0 spiro atoms. The molecule has 4 heteroatoms. The van der Waals surface area contributed by atoms with E-state index in [4.69, 9.17) is 8.85 Å². The van der Waals surface area contributed by atoms with E-state index in [0.717, 1.165) is 25.0 Å². The van der Waals surface area contributed by atoms with Crippen molar-refractivity contribution < 1.29 is 8.85 Å². The molecule has 0 heterocycles. The van der Waals surface area contributed by atoms with Crippen LogP contribution in [0.4, 0.5) is 0 Å². The summed E-state index contributed by atoms with van der Waals surface area (Å²) < 4.78 is 12.3. The van der Waals surface area contributed by atoms with E-state index < -0.39 is 8.56 Å². The second-order valence-corrected chi connectivity index (χ2v) is 9.84. The molecular formula is C16H33NO2Si. The molecule has 0 saturated heterocycles. The zero-order valence-electron chi connectivity index (χ0n) is 13.6. The van der Waals surface area contributed by atoms with Gasteiger partial charge in [0.1, 0.15) is 0 Å². The van der Waals surface area contributed by atoms with Gasteiger partial charge in [0, 0.05) is 13.2 Å². The van der Waals surface area contributed by atoms with Gasteiger partial charge in [-0.3, -0.25) is 0 Å². The fraction of sp³-hybridized carbons (Fsp3) is 1.00. The van der Waals surface area contributed by atoms with Crippen LogP contribution in [0.15, 0.2) is 0 Å². The molecule has 0 aromatic rings. The monoisotopic (exact) mass is 299 g/mol. The lowest BCUT2D eigenvalue weighted by Gasteiger charge is -2.36. The molecule has 0 bridgehead atoms. The average Bonchev–Trinajstić information content (AvgIpc) is 3.25. The Labute approximate surface area is 126 Å². The summed E-state index contributed by atoms with van der Waals surface area (Å²) in [4.78, 5) is 0. The van der Waals surface area contributed by atoms with Gasteiger partial charge in [-0.15, -0.1) is 0 Å². The van der Waals surface area contributed by atoms with Crippen LogP contribution in [0.25, 0.3) is 0 Å². The summed E-state index contributed by atoms with van der Waals surface area (Å²) in [6, 6.07) is 0. The molecule has 1 unspecified atom stereocenters. The molecular weight excluding hydrogens is 266 g/mol. The Bertz CT molecular complexity index is 272. The summed E-state index contributed by atoms with van der Waals surface area (Å²) in [6.07, 6.45) is 9.80. The molecule has 2 rings (SSSR count). The third kappa shape index (κ3) is 4.55. The molecule has 2 fully saturated rings. The van der Waals surface area contributed by atoms with Crippen molar-refractivity contribution in [2.24, 2.45) is 11.8 Å². The Morgan fingerprint density at radius 3 is 2.10 bits per heavy atom. The van der Waals surface area contributed by atoms with Gasteiger partial charge in [0.25, 0.3) is 0 Å².